The van der Waals surface area contributed by atoms with Gasteiger partial charge in [0, 0.05) is 31.9 Å². The van der Waals surface area contributed by atoms with E-state index in [1.54, 1.807) is 18.3 Å². The molecule has 8 heteroatoms. The zero-order valence-electron chi connectivity index (χ0n) is 21.2. The Hall–Kier alpha value is -2.97. The molecule has 2 N–H and O–H groups in total. The maximum atomic E-state index is 13.5. The normalized spacial score (nSPS) is 18.0. The number of carbonyl (C=O) groups excluding carboxylic acids is 2. The minimum absolute atomic E-state index is 0.229. The number of pyridine rings is 1. The number of urea groups is 1. The molecule has 3 heterocycles. The molecule has 1 saturated heterocycles. The van der Waals surface area contributed by atoms with Crippen LogP contribution in [0.3, 0.4) is 0 Å². The number of carbonyl (C=O) groups is 2. The van der Waals surface area contributed by atoms with E-state index in [4.69, 9.17) is 0 Å². The van der Waals surface area contributed by atoms with Crippen molar-refractivity contribution in [3.8, 4) is 0 Å². The Morgan fingerprint density at radius 3 is 2.80 bits per heavy atom. The molecule has 0 bridgehead atoms. The fourth-order valence-corrected chi connectivity index (χ4v) is 5.09. The van der Waals surface area contributed by atoms with E-state index in [-0.39, 0.29) is 11.9 Å². The summed E-state index contributed by atoms with van der Waals surface area (Å²) in [5, 5.41) is 6.03. The number of piperidine rings is 1. The van der Waals surface area contributed by atoms with Crippen LogP contribution >= 0.6 is 0 Å². The van der Waals surface area contributed by atoms with Crippen LogP contribution in [0.15, 0.2) is 36.5 Å². The van der Waals surface area contributed by atoms with Crippen LogP contribution in [0.2, 0.25) is 0 Å². The van der Waals surface area contributed by atoms with Crippen molar-refractivity contribution >= 4 is 29.1 Å². The average Bonchev–Trinajstić information content (AvgIpc) is 3.01. The molecule has 4 rings (SSSR count). The second-order valence-electron chi connectivity index (χ2n) is 9.27. The molecule has 188 valence electrons. The monoisotopic (exact) mass is 478 g/mol. The molecular formula is C27H38N6O2. The zero-order chi connectivity index (χ0) is 24.8. The van der Waals surface area contributed by atoms with Crippen LogP contribution in [0.4, 0.5) is 22.0 Å². The highest BCUT2D eigenvalue weighted by molar-refractivity contribution is 6.16. The number of anilines is 3. The van der Waals surface area contributed by atoms with Gasteiger partial charge in [0.15, 0.2) is 5.82 Å². The van der Waals surface area contributed by atoms with E-state index in [1.165, 1.54) is 24.2 Å². The molecule has 1 fully saturated rings. The molecule has 8 nitrogen and oxygen atoms in total. The summed E-state index contributed by atoms with van der Waals surface area (Å²) in [6.45, 7) is 12.1. The first kappa shape index (κ1) is 25.1. The Morgan fingerprint density at radius 1 is 1.20 bits per heavy atom. The van der Waals surface area contributed by atoms with Crippen molar-refractivity contribution in [2.75, 3.05) is 49.5 Å². The number of fused-ring (bicyclic) bond motifs is 2. The number of likely N-dealkylation sites (N-methyl/N-ethyl adjacent to an activating group) is 1. The number of aromatic nitrogens is 1. The lowest BCUT2D eigenvalue weighted by atomic mass is 10.0. The third kappa shape index (κ3) is 5.65. The summed E-state index contributed by atoms with van der Waals surface area (Å²) in [5.41, 5.74) is 2.60. The fourth-order valence-electron chi connectivity index (χ4n) is 5.09. The number of likely N-dealkylation sites (tertiary alicyclic amines) is 1. The third-order valence-electron chi connectivity index (χ3n) is 7.19. The van der Waals surface area contributed by atoms with Gasteiger partial charge in [-0.15, -0.1) is 0 Å². The van der Waals surface area contributed by atoms with Crippen LogP contribution in [0.1, 0.15) is 56.0 Å². The minimum atomic E-state index is -0.274. The standard InChI is InChI=1S/C27H38N6O2/c1-4-20-12-13-24-22(18-20)26(34)30-23-11-9-14-28-25(23)33(24)27(35)29-15-17-32-16-8-7-10-21(32)19-31(5-2)6-3/h9,11-14,18,21H,4-8,10,15-17,19H2,1-3H3,(H,29,35)(H,30,34). The highest BCUT2D eigenvalue weighted by Crippen LogP contribution is 2.36. The van der Waals surface area contributed by atoms with Gasteiger partial charge in [-0.25, -0.2) is 14.7 Å². The van der Waals surface area contributed by atoms with Crippen molar-refractivity contribution in [1.29, 1.82) is 0 Å². The van der Waals surface area contributed by atoms with Crippen molar-refractivity contribution in [3.63, 3.8) is 0 Å². The molecule has 1 atom stereocenters. The van der Waals surface area contributed by atoms with E-state index in [0.29, 0.717) is 35.3 Å². The van der Waals surface area contributed by atoms with Crippen molar-refractivity contribution < 1.29 is 9.59 Å². The Bertz CT molecular complexity index is 1040. The lowest BCUT2D eigenvalue weighted by molar-refractivity contribution is 0.102. The van der Waals surface area contributed by atoms with Gasteiger partial charge in [0.1, 0.15) is 0 Å². The second-order valence-corrected chi connectivity index (χ2v) is 9.27. The predicted molar refractivity (Wildman–Crippen MR) is 141 cm³/mol. The lowest BCUT2D eigenvalue weighted by Gasteiger charge is -2.38. The first-order chi connectivity index (χ1) is 17.0. The van der Waals surface area contributed by atoms with Gasteiger partial charge in [-0.3, -0.25) is 9.69 Å². The number of nitrogens with zero attached hydrogens (tertiary/aromatic N) is 4. The van der Waals surface area contributed by atoms with Gasteiger partial charge in [-0.2, -0.15) is 0 Å². The molecule has 3 amide bonds. The summed E-state index contributed by atoms with van der Waals surface area (Å²) in [6.07, 6.45) is 6.12. The summed E-state index contributed by atoms with van der Waals surface area (Å²) in [5.74, 6) is 0.200. The summed E-state index contributed by atoms with van der Waals surface area (Å²) >= 11 is 0. The van der Waals surface area contributed by atoms with Crippen LogP contribution in [0.25, 0.3) is 0 Å². The summed E-state index contributed by atoms with van der Waals surface area (Å²) in [7, 11) is 0. The Kier molecular flexibility index (Phi) is 8.36. The molecule has 1 unspecified atom stereocenters. The van der Waals surface area contributed by atoms with Crippen molar-refractivity contribution in [3.05, 3.63) is 47.7 Å². The van der Waals surface area contributed by atoms with E-state index < -0.39 is 0 Å². The Morgan fingerprint density at radius 2 is 2.03 bits per heavy atom. The number of amides is 3. The second kappa shape index (κ2) is 11.6. The lowest BCUT2D eigenvalue weighted by Crippen LogP contribution is -2.50. The van der Waals surface area contributed by atoms with E-state index >= 15 is 0 Å². The van der Waals surface area contributed by atoms with Crippen LogP contribution in [0, 0.1) is 0 Å². The summed E-state index contributed by atoms with van der Waals surface area (Å²) < 4.78 is 0. The number of nitrogens with one attached hydrogen (secondary N) is 2. The maximum Gasteiger partial charge on any atom is 0.327 e. The number of benzene rings is 1. The molecule has 2 aliphatic heterocycles. The Labute approximate surface area is 208 Å². The average molecular weight is 479 g/mol. The van der Waals surface area contributed by atoms with E-state index in [0.717, 1.165) is 44.7 Å². The largest absolute Gasteiger partial charge is 0.336 e. The molecule has 35 heavy (non-hydrogen) atoms. The van der Waals surface area contributed by atoms with Gasteiger partial charge in [0.2, 0.25) is 0 Å². The highest BCUT2D eigenvalue weighted by Gasteiger charge is 2.31. The first-order valence-corrected chi connectivity index (χ1v) is 13.0. The van der Waals surface area contributed by atoms with Crippen LogP contribution in [-0.4, -0.2) is 72.0 Å². The van der Waals surface area contributed by atoms with E-state index in [9.17, 15) is 9.59 Å². The van der Waals surface area contributed by atoms with E-state index in [2.05, 4.69) is 39.3 Å². The number of hydrogen-bond donors (Lipinski definition) is 2. The van der Waals surface area contributed by atoms with Crippen LogP contribution in [0.5, 0.6) is 0 Å². The molecule has 1 aromatic carbocycles. The summed E-state index contributed by atoms with van der Waals surface area (Å²) in [6, 6.07) is 9.46. The van der Waals surface area contributed by atoms with Crippen LogP contribution in [-0.2, 0) is 6.42 Å². The Balaban J connectivity index is 1.51. The molecule has 2 aliphatic rings. The van der Waals surface area contributed by atoms with Gasteiger partial charge in [-0.1, -0.05) is 33.3 Å². The molecule has 0 spiro atoms. The van der Waals surface area contributed by atoms with Gasteiger partial charge in [0.25, 0.3) is 5.91 Å². The quantitative estimate of drug-likeness (QED) is 0.593. The highest BCUT2D eigenvalue weighted by atomic mass is 16.2. The van der Waals surface area contributed by atoms with Crippen molar-refractivity contribution in [2.24, 2.45) is 0 Å². The van der Waals surface area contributed by atoms with Crippen molar-refractivity contribution in [1.82, 2.24) is 20.1 Å². The SMILES string of the molecule is CCc1ccc2c(c1)C(=O)Nc1cccnc1N2C(=O)NCCN1CCCCC1CN(CC)CC. The number of hydrogen-bond acceptors (Lipinski definition) is 5. The molecular weight excluding hydrogens is 440 g/mol. The number of rotatable bonds is 8. The molecule has 1 aromatic heterocycles. The molecule has 0 radical (unpaired) electrons. The van der Waals surface area contributed by atoms with E-state index in [1.807, 2.05) is 25.1 Å². The maximum absolute atomic E-state index is 13.5. The molecule has 0 saturated carbocycles. The summed E-state index contributed by atoms with van der Waals surface area (Å²) in [4.78, 5) is 37.5. The van der Waals surface area contributed by atoms with Gasteiger partial charge >= 0.3 is 6.03 Å². The topological polar surface area (TPSA) is 80.8 Å². The molecule has 2 aromatic rings. The predicted octanol–water partition coefficient (Wildman–Crippen LogP) is 4.25. The first-order valence-electron chi connectivity index (χ1n) is 13.0. The van der Waals surface area contributed by atoms with Crippen molar-refractivity contribution in [2.45, 2.75) is 52.5 Å². The van der Waals surface area contributed by atoms with Crippen LogP contribution < -0.4 is 15.5 Å². The number of aryl methyl sites for hydroxylation is 1. The third-order valence-corrected chi connectivity index (χ3v) is 7.19. The van der Waals surface area contributed by atoms with Gasteiger partial charge < -0.3 is 15.5 Å². The fraction of sp³-hybridized carbons (Fsp3) is 0.519. The zero-order valence-corrected chi connectivity index (χ0v) is 21.2. The smallest absolute Gasteiger partial charge is 0.327 e. The molecule has 0 aliphatic carbocycles. The minimum Gasteiger partial charge on any atom is -0.336 e. The van der Waals surface area contributed by atoms with Gasteiger partial charge in [-0.05, 0) is 68.7 Å². The van der Waals surface area contributed by atoms with Gasteiger partial charge in [0.05, 0.1) is 16.9 Å².